The first kappa shape index (κ1) is 17.5. The molecule has 2 fully saturated rings. The summed E-state index contributed by atoms with van der Waals surface area (Å²) in [6, 6.07) is 6.02. The summed E-state index contributed by atoms with van der Waals surface area (Å²) in [5.74, 6) is 0. The van der Waals surface area contributed by atoms with Crippen molar-refractivity contribution in [2.24, 2.45) is 0 Å². The Morgan fingerprint density at radius 3 is 2.52 bits per heavy atom. The monoisotopic (exact) mass is 423 g/mol. The molecule has 148 valence electrons. The summed E-state index contributed by atoms with van der Waals surface area (Å²) >= 11 is 3.34. The molecule has 0 radical (unpaired) electrons. The van der Waals surface area contributed by atoms with Crippen LogP contribution in [0.25, 0.3) is 31.5 Å². The Hall–Kier alpha value is -2.36. The van der Waals surface area contributed by atoms with Gasteiger partial charge in [-0.1, -0.05) is 22.7 Å². The van der Waals surface area contributed by atoms with Crippen molar-refractivity contribution in [3.8, 4) is 21.8 Å². The summed E-state index contributed by atoms with van der Waals surface area (Å²) in [6.07, 6.45) is 10.6. The molecule has 6 rings (SSSR count). The van der Waals surface area contributed by atoms with Crippen LogP contribution in [0.15, 0.2) is 30.7 Å². The molecule has 3 atom stereocenters. The molecule has 2 saturated heterocycles. The van der Waals surface area contributed by atoms with Crippen LogP contribution in [-0.4, -0.2) is 50.3 Å². The SMILES string of the molecule is CN(c1nc2sc(-c3ccc(-c4cn[nH]c4)nc3)nc2s1)C1C[C@H]2CC[C@@H](C1)N2. The summed E-state index contributed by atoms with van der Waals surface area (Å²) in [5, 5.41) is 12.6. The normalized spacial score (nSPS) is 23.7. The van der Waals surface area contributed by atoms with Crippen LogP contribution >= 0.6 is 22.7 Å². The van der Waals surface area contributed by atoms with E-state index >= 15 is 0 Å². The van der Waals surface area contributed by atoms with Gasteiger partial charge < -0.3 is 10.2 Å². The zero-order valence-electron chi connectivity index (χ0n) is 16.0. The number of nitrogens with one attached hydrogen (secondary N) is 2. The van der Waals surface area contributed by atoms with Crippen LogP contribution in [0.5, 0.6) is 0 Å². The zero-order valence-corrected chi connectivity index (χ0v) is 17.6. The van der Waals surface area contributed by atoms with Crippen LogP contribution in [0.2, 0.25) is 0 Å². The molecule has 2 aliphatic rings. The third-order valence-electron chi connectivity index (χ3n) is 6.07. The Morgan fingerprint density at radius 2 is 1.83 bits per heavy atom. The van der Waals surface area contributed by atoms with Crippen molar-refractivity contribution < 1.29 is 0 Å². The predicted molar refractivity (Wildman–Crippen MR) is 117 cm³/mol. The number of piperidine rings is 1. The second kappa shape index (κ2) is 6.86. The molecule has 9 heteroatoms. The highest BCUT2D eigenvalue weighted by atomic mass is 32.1. The summed E-state index contributed by atoms with van der Waals surface area (Å²) in [7, 11) is 2.19. The van der Waals surface area contributed by atoms with Gasteiger partial charge in [-0.3, -0.25) is 10.1 Å². The van der Waals surface area contributed by atoms with Crippen molar-refractivity contribution >= 4 is 37.5 Å². The predicted octanol–water partition coefficient (Wildman–Crippen LogP) is 3.92. The molecule has 0 saturated carbocycles. The van der Waals surface area contributed by atoms with Crippen LogP contribution in [0, 0.1) is 0 Å². The molecule has 29 heavy (non-hydrogen) atoms. The number of aromatic nitrogens is 5. The molecule has 0 spiro atoms. The molecule has 4 aromatic rings. The van der Waals surface area contributed by atoms with E-state index in [9.17, 15) is 0 Å². The second-order valence-electron chi connectivity index (χ2n) is 7.92. The highest BCUT2D eigenvalue weighted by Crippen LogP contribution is 2.38. The van der Waals surface area contributed by atoms with Gasteiger partial charge in [-0.15, -0.1) is 0 Å². The van der Waals surface area contributed by atoms with Crippen molar-refractivity contribution in [1.82, 2.24) is 30.5 Å². The fourth-order valence-corrected chi connectivity index (χ4v) is 6.55. The number of aromatic amines is 1. The standard InChI is InChI=1S/C20H21N7S2/c1-27(15-6-13-3-4-14(7-15)24-13)20-26-19-18(29-20)25-17(28-19)11-2-5-16(21-8-11)12-9-22-23-10-12/h2,5,8-10,13-15,24H,3-4,6-7H2,1H3,(H,22,23)/t13-,14+,15?. The van der Waals surface area contributed by atoms with Gasteiger partial charge in [0.1, 0.15) is 5.01 Å². The van der Waals surface area contributed by atoms with Gasteiger partial charge in [0.25, 0.3) is 0 Å². The van der Waals surface area contributed by atoms with E-state index in [-0.39, 0.29) is 0 Å². The number of hydrogen-bond acceptors (Lipinski definition) is 8. The Balaban J connectivity index is 1.23. The van der Waals surface area contributed by atoms with E-state index in [1.54, 1.807) is 28.9 Å². The molecule has 2 bridgehead atoms. The summed E-state index contributed by atoms with van der Waals surface area (Å²) in [5.41, 5.74) is 2.91. The van der Waals surface area contributed by atoms with Gasteiger partial charge in [-0.25, -0.2) is 9.97 Å². The molecule has 2 N–H and O–H groups in total. The van der Waals surface area contributed by atoms with Crippen LogP contribution in [0.3, 0.4) is 0 Å². The largest absolute Gasteiger partial charge is 0.348 e. The minimum absolute atomic E-state index is 0.577. The maximum Gasteiger partial charge on any atom is 0.188 e. The third-order valence-corrected chi connectivity index (χ3v) is 8.23. The smallest absolute Gasteiger partial charge is 0.188 e. The number of nitrogens with zero attached hydrogens (tertiary/aromatic N) is 5. The average Bonchev–Trinajstić information content (AvgIpc) is 3.51. The number of hydrogen-bond donors (Lipinski definition) is 2. The molecular formula is C20H21N7S2. The Bertz CT molecular complexity index is 1090. The molecule has 1 unspecified atom stereocenters. The second-order valence-corrected chi connectivity index (χ2v) is 9.85. The lowest BCUT2D eigenvalue weighted by atomic mass is 9.99. The maximum atomic E-state index is 4.91. The van der Waals surface area contributed by atoms with Crippen LogP contribution in [0.1, 0.15) is 25.7 Å². The van der Waals surface area contributed by atoms with Crippen molar-refractivity contribution in [1.29, 1.82) is 0 Å². The van der Waals surface area contributed by atoms with E-state index in [1.807, 2.05) is 18.5 Å². The molecule has 4 aromatic heterocycles. The fraction of sp³-hybridized carbons (Fsp3) is 0.400. The minimum atomic E-state index is 0.577. The summed E-state index contributed by atoms with van der Waals surface area (Å²) < 4.78 is 0. The van der Waals surface area contributed by atoms with Gasteiger partial charge in [0.05, 0.1) is 11.9 Å². The molecular weight excluding hydrogens is 402 g/mol. The first-order valence-electron chi connectivity index (χ1n) is 9.95. The summed E-state index contributed by atoms with van der Waals surface area (Å²) in [6.45, 7) is 0. The number of thiazole rings is 2. The van der Waals surface area contributed by atoms with E-state index in [0.29, 0.717) is 18.1 Å². The number of pyridine rings is 1. The molecule has 0 aliphatic carbocycles. The lowest BCUT2D eigenvalue weighted by Gasteiger charge is -2.35. The highest BCUT2D eigenvalue weighted by Gasteiger charge is 2.36. The Kier molecular flexibility index (Phi) is 4.14. The van der Waals surface area contributed by atoms with Crippen molar-refractivity contribution in [2.45, 2.75) is 43.8 Å². The zero-order chi connectivity index (χ0) is 19.4. The van der Waals surface area contributed by atoms with Crippen molar-refractivity contribution in [3.05, 3.63) is 30.7 Å². The van der Waals surface area contributed by atoms with Gasteiger partial charge in [0.15, 0.2) is 14.8 Å². The van der Waals surface area contributed by atoms with Gasteiger partial charge in [0, 0.05) is 48.7 Å². The first-order chi connectivity index (χ1) is 14.2. The van der Waals surface area contributed by atoms with Crippen LogP contribution in [0.4, 0.5) is 5.13 Å². The number of H-pyrrole nitrogens is 1. The van der Waals surface area contributed by atoms with Gasteiger partial charge in [0.2, 0.25) is 0 Å². The van der Waals surface area contributed by atoms with E-state index in [4.69, 9.17) is 9.97 Å². The lowest BCUT2D eigenvalue weighted by Crippen LogP contribution is -2.47. The lowest BCUT2D eigenvalue weighted by molar-refractivity contribution is 0.354. The van der Waals surface area contributed by atoms with Gasteiger partial charge in [-0.05, 0) is 37.8 Å². The highest BCUT2D eigenvalue weighted by molar-refractivity contribution is 7.29. The molecule has 2 aliphatic heterocycles. The Labute approximate surface area is 176 Å². The molecule has 0 aromatic carbocycles. The van der Waals surface area contributed by atoms with E-state index in [2.05, 4.69) is 38.5 Å². The van der Waals surface area contributed by atoms with E-state index in [0.717, 1.165) is 36.6 Å². The molecule has 6 heterocycles. The topological polar surface area (TPSA) is 82.6 Å². The number of anilines is 1. The van der Waals surface area contributed by atoms with Crippen molar-refractivity contribution in [3.63, 3.8) is 0 Å². The molecule has 7 nitrogen and oxygen atoms in total. The average molecular weight is 424 g/mol. The van der Waals surface area contributed by atoms with Gasteiger partial charge >= 0.3 is 0 Å². The summed E-state index contributed by atoms with van der Waals surface area (Å²) in [4.78, 5) is 18.7. The third kappa shape index (κ3) is 3.13. The van der Waals surface area contributed by atoms with Crippen LogP contribution < -0.4 is 10.2 Å². The van der Waals surface area contributed by atoms with E-state index in [1.165, 1.54) is 25.7 Å². The Morgan fingerprint density at radius 1 is 1.00 bits per heavy atom. The number of fused-ring (bicyclic) bond motifs is 3. The maximum absolute atomic E-state index is 4.91. The first-order valence-corrected chi connectivity index (χ1v) is 11.6. The molecule has 0 amide bonds. The van der Waals surface area contributed by atoms with Crippen LogP contribution in [-0.2, 0) is 0 Å². The van der Waals surface area contributed by atoms with Crippen molar-refractivity contribution in [2.75, 3.05) is 11.9 Å². The fourth-order valence-electron chi connectivity index (χ4n) is 4.49. The quantitative estimate of drug-likeness (QED) is 0.518. The number of rotatable bonds is 4. The van der Waals surface area contributed by atoms with E-state index < -0.39 is 0 Å². The van der Waals surface area contributed by atoms with Gasteiger partial charge in [-0.2, -0.15) is 5.10 Å². The minimum Gasteiger partial charge on any atom is -0.348 e.